The topological polar surface area (TPSA) is 15.8 Å². The zero-order chi connectivity index (χ0) is 4.41. The van der Waals surface area contributed by atoms with E-state index in [-0.39, 0.29) is 0 Å². The minimum atomic E-state index is 1.22. The Morgan fingerprint density at radius 3 is 2.67 bits per heavy atom. The van der Waals surface area contributed by atoms with E-state index in [1.807, 2.05) is 36.0 Å². The van der Waals surface area contributed by atoms with E-state index in [2.05, 4.69) is 4.98 Å². The summed E-state index contributed by atoms with van der Waals surface area (Å²) in [6.45, 7) is 0. The normalized spacial score (nSPS) is 9.00. The van der Waals surface area contributed by atoms with Crippen LogP contribution in [-0.4, -0.2) is 22.7 Å². The number of H-pyrrole nitrogens is 1. The molecule has 0 aromatic carbocycles. The van der Waals surface area contributed by atoms with Gasteiger partial charge in [0.25, 0.3) is 0 Å². The second-order valence-corrected chi connectivity index (χ2v) is 1.35. The number of hydrogen-bond acceptors (Lipinski definition) is 0. The van der Waals surface area contributed by atoms with Crippen LogP contribution in [0.1, 0.15) is 0 Å². The Labute approximate surface area is 46.0 Å². The first-order valence-corrected chi connectivity index (χ1v) is 1.99. The van der Waals surface area contributed by atoms with Crippen LogP contribution in [0.25, 0.3) is 0 Å². The summed E-state index contributed by atoms with van der Waals surface area (Å²) in [7, 11) is 0. The predicted molar refractivity (Wildman–Crippen MR) is 26.2 cm³/mol. The molecule has 1 N–H and O–H groups in total. The Hall–Kier alpha value is -0.123. The van der Waals surface area contributed by atoms with Gasteiger partial charge in [-0.15, -0.1) is 0 Å². The SMILES string of the molecule is [Li][c]1ccc[nH]1. The molecular weight excluding hydrogens is 69.0 g/mol. The Bertz CT molecular complexity index is 111. The van der Waals surface area contributed by atoms with Crippen molar-refractivity contribution in [1.82, 2.24) is 4.98 Å². The number of aromatic nitrogens is 1. The fourth-order valence-corrected chi connectivity index (χ4v) is 0.420. The van der Waals surface area contributed by atoms with E-state index in [1.54, 1.807) is 0 Å². The molecule has 0 unspecified atom stereocenters. The molecule has 0 fully saturated rings. The zero-order valence-corrected chi connectivity index (χ0v) is 3.73. The average Bonchev–Trinajstić information content (AvgIpc) is 1.86. The van der Waals surface area contributed by atoms with Crippen LogP contribution in [0.15, 0.2) is 18.3 Å². The Morgan fingerprint density at radius 1 is 1.67 bits per heavy atom. The molecule has 26 valence electrons. The first-order valence-electron chi connectivity index (χ1n) is 1.99. The molecule has 1 aromatic heterocycles. The first kappa shape index (κ1) is 4.05. The molecule has 1 rings (SSSR count). The van der Waals surface area contributed by atoms with Crippen molar-refractivity contribution in [3.8, 4) is 0 Å². The van der Waals surface area contributed by atoms with E-state index >= 15 is 0 Å². The van der Waals surface area contributed by atoms with Crippen LogP contribution < -0.4 is 4.37 Å². The number of nitrogens with one attached hydrogen (secondary N) is 1. The van der Waals surface area contributed by atoms with Crippen molar-refractivity contribution in [2.24, 2.45) is 0 Å². The average molecular weight is 73.0 g/mol. The molecule has 0 bridgehead atoms. The summed E-state index contributed by atoms with van der Waals surface area (Å²) in [6.07, 6.45) is 1.91. The van der Waals surface area contributed by atoms with Gasteiger partial charge in [-0.1, -0.05) is 0 Å². The zero-order valence-electron chi connectivity index (χ0n) is 3.73. The Balaban J connectivity index is 3.05. The van der Waals surface area contributed by atoms with Gasteiger partial charge in [0.15, 0.2) is 0 Å². The molecule has 1 nitrogen and oxygen atoms in total. The number of rotatable bonds is 0. The first-order chi connectivity index (χ1) is 2.89. The van der Waals surface area contributed by atoms with E-state index in [1.165, 1.54) is 4.37 Å². The van der Waals surface area contributed by atoms with Crippen molar-refractivity contribution < 1.29 is 0 Å². The van der Waals surface area contributed by atoms with Gasteiger partial charge in [-0.05, 0) is 0 Å². The number of aromatic amines is 1. The van der Waals surface area contributed by atoms with Crippen molar-refractivity contribution in [3.05, 3.63) is 18.3 Å². The van der Waals surface area contributed by atoms with Crippen LogP contribution in [0.5, 0.6) is 0 Å². The standard InChI is InChI=1S/C4H4N.Li/c1-2-4-5-3-1;/h1-3,5H;. The molecule has 0 saturated carbocycles. The molecule has 1 aromatic rings. The van der Waals surface area contributed by atoms with Gasteiger partial charge in [0, 0.05) is 0 Å². The molecule has 2 heteroatoms. The van der Waals surface area contributed by atoms with Gasteiger partial charge in [-0.25, -0.2) is 0 Å². The molecule has 6 heavy (non-hydrogen) atoms. The van der Waals surface area contributed by atoms with Crippen molar-refractivity contribution >= 4 is 22.1 Å². The van der Waals surface area contributed by atoms with Gasteiger partial charge in [-0.2, -0.15) is 0 Å². The second-order valence-electron chi connectivity index (χ2n) is 1.35. The fraction of sp³-hybridized carbons (Fsp3) is 0. The Kier molecular flexibility index (Phi) is 1.05. The summed E-state index contributed by atoms with van der Waals surface area (Å²) in [5.41, 5.74) is 0. The summed E-state index contributed by atoms with van der Waals surface area (Å²) in [5, 5.41) is 0. The quantitative estimate of drug-likeness (QED) is 0.409. The van der Waals surface area contributed by atoms with Gasteiger partial charge in [0.05, 0.1) is 0 Å². The third-order valence-corrected chi connectivity index (χ3v) is 0.753. The fourth-order valence-electron chi connectivity index (χ4n) is 0.420. The third kappa shape index (κ3) is 0.679. The maximum atomic E-state index is 3.00. The molecular formula is C4H4LiN. The summed E-state index contributed by atoms with van der Waals surface area (Å²) < 4.78 is 1.22. The third-order valence-electron chi connectivity index (χ3n) is 0.753. The van der Waals surface area contributed by atoms with E-state index in [9.17, 15) is 0 Å². The second kappa shape index (κ2) is 1.55. The molecule has 0 aliphatic carbocycles. The molecule has 0 radical (unpaired) electrons. The summed E-state index contributed by atoms with van der Waals surface area (Å²) >= 11 is 2.03. The van der Waals surface area contributed by atoms with Crippen molar-refractivity contribution in [1.29, 1.82) is 0 Å². The van der Waals surface area contributed by atoms with Gasteiger partial charge in [0.2, 0.25) is 0 Å². The molecule has 0 amide bonds. The molecule has 0 aliphatic rings. The molecule has 0 aliphatic heterocycles. The van der Waals surface area contributed by atoms with Crippen LogP contribution in [0, 0.1) is 0 Å². The predicted octanol–water partition coefficient (Wildman–Crippen LogP) is -0.191. The van der Waals surface area contributed by atoms with Crippen molar-refractivity contribution in [3.63, 3.8) is 0 Å². The monoisotopic (exact) mass is 73.1 g/mol. The van der Waals surface area contributed by atoms with Gasteiger partial charge < -0.3 is 0 Å². The van der Waals surface area contributed by atoms with Crippen molar-refractivity contribution in [2.75, 3.05) is 0 Å². The van der Waals surface area contributed by atoms with E-state index < -0.39 is 0 Å². The summed E-state index contributed by atoms with van der Waals surface area (Å²) in [5.74, 6) is 0. The van der Waals surface area contributed by atoms with E-state index in [0.717, 1.165) is 0 Å². The molecule has 0 spiro atoms. The van der Waals surface area contributed by atoms with Crippen LogP contribution in [0.4, 0.5) is 0 Å². The van der Waals surface area contributed by atoms with Crippen LogP contribution >= 0.6 is 0 Å². The van der Waals surface area contributed by atoms with Gasteiger partial charge >= 0.3 is 45.4 Å². The Morgan fingerprint density at radius 2 is 2.50 bits per heavy atom. The summed E-state index contributed by atoms with van der Waals surface area (Å²) in [6, 6.07) is 4.01. The van der Waals surface area contributed by atoms with Gasteiger partial charge in [0.1, 0.15) is 0 Å². The van der Waals surface area contributed by atoms with Crippen molar-refractivity contribution in [2.45, 2.75) is 0 Å². The molecule has 1 heterocycles. The van der Waals surface area contributed by atoms with Gasteiger partial charge in [-0.3, -0.25) is 0 Å². The van der Waals surface area contributed by atoms with E-state index in [0.29, 0.717) is 0 Å². The van der Waals surface area contributed by atoms with Crippen LogP contribution in [-0.2, 0) is 0 Å². The molecule has 0 saturated heterocycles. The summed E-state index contributed by atoms with van der Waals surface area (Å²) in [4.78, 5) is 3.00. The minimum absolute atomic E-state index is 1.22. The van der Waals surface area contributed by atoms with E-state index in [4.69, 9.17) is 0 Å². The van der Waals surface area contributed by atoms with Crippen LogP contribution in [0.3, 0.4) is 0 Å². The van der Waals surface area contributed by atoms with Crippen LogP contribution in [0.2, 0.25) is 0 Å². The maximum absolute atomic E-state index is 3.00. The molecule has 0 atom stereocenters. The number of hydrogen-bond donors (Lipinski definition) is 1.